The molecular weight excluding hydrogens is 350 g/mol. The molecule has 0 unspecified atom stereocenters. The fourth-order valence-corrected chi connectivity index (χ4v) is 2.46. The maximum absolute atomic E-state index is 12.0. The van der Waals surface area contributed by atoms with Gasteiger partial charge in [-0.15, -0.1) is 0 Å². The summed E-state index contributed by atoms with van der Waals surface area (Å²) in [7, 11) is 4.61. The molecular formula is C20H23NO6. The van der Waals surface area contributed by atoms with Gasteiger partial charge >= 0.3 is 5.97 Å². The van der Waals surface area contributed by atoms with Crippen LogP contribution in [0, 0.1) is 0 Å². The summed E-state index contributed by atoms with van der Waals surface area (Å²) < 4.78 is 20.6. The molecule has 144 valence electrons. The SMILES string of the molecule is COc1ccc(CCNC(=O)COC(=O)c2ccccc2OC)cc1OC. The van der Waals surface area contributed by atoms with Crippen molar-refractivity contribution in [3.05, 3.63) is 53.6 Å². The highest BCUT2D eigenvalue weighted by atomic mass is 16.5. The molecule has 0 atom stereocenters. The Labute approximate surface area is 158 Å². The molecule has 7 nitrogen and oxygen atoms in total. The molecule has 0 saturated carbocycles. The molecule has 7 heteroatoms. The van der Waals surface area contributed by atoms with Gasteiger partial charge in [0.1, 0.15) is 11.3 Å². The van der Waals surface area contributed by atoms with E-state index in [4.69, 9.17) is 18.9 Å². The van der Waals surface area contributed by atoms with Crippen LogP contribution in [0.3, 0.4) is 0 Å². The van der Waals surface area contributed by atoms with Gasteiger partial charge in [0.2, 0.25) is 0 Å². The maximum Gasteiger partial charge on any atom is 0.342 e. The highest BCUT2D eigenvalue weighted by Crippen LogP contribution is 2.27. The van der Waals surface area contributed by atoms with E-state index >= 15 is 0 Å². The molecule has 0 saturated heterocycles. The van der Waals surface area contributed by atoms with Gasteiger partial charge in [-0.05, 0) is 36.2 Å². The molecule has 0 aliphatic rings. The van der Waals surface area contributed by atoms with Gasteiger partial charge in [-0.3, -0.25) is 4.79 Å². The van der Waals surface area contributed by atoms with Crippen molar-refractivity contribution in [1.29, 1.82) is 0 Å². The fraction of sp³-hybridized carbons (Fsp3) is 0.300. The van der Waals surface area contributed by atoms with Crippen molar-refractivity contribution >= 4 is 11.9 Å². The van der Waals surface area contributed by atoms with Crippen molar-refractivity contribution in [2.24, 2.45) is 0 Å². The van der Waals surface area contributed by atoms with E-state index in [2.05, 4.69) is 5.32 Å². The third-order valence-corrected chi connectivity index (χ3v) is 3.85. The number of nitrogens with one attached hydrogen (secondary N) is 1. The van der Waals surface area contributed by atoms with Crippen molar-refractivity contribution < 1.29 is 28.5 Å². The molecule has 2 aromatic rings. The van der Waals surface area contributed by atoms with Crippen LogP contribution in [0.2, 0.25) is 0 Å². The van der Waals surface area contributed by atoms with Gasteiger partial charge in [0.15, 0.2) is 18.1 Å². The summed E-state index contributed by atoms with van der Waals surface area (Å²) in [5, 5.41) is 2.71. The number of hydrogen-bond acceptors (Lipinski definition) is 6. The van der Waals surface area contributed by atoms with E-state index in [9.17, 15) is 9.59 Å². The van der Waals surface area contributed by atoms with E-state index in [0.29, 0.717) is 30.2 Å². The summed E-state index contributed by atoms with van der Waals surface area (Å²) in [6.45, 7) is 0.0450. The maximum atomic E-state index is 12.0. The molecule has 0 aliphatic carbocycles. The third-order valence-electron chi connectivity index (χ3n) is 3.85. The van der Waals surface area contributed by atoms with Crippen molar-refractivity contribution in [2.75, 3.05) is 34.5 Å². The molecule has 0 radical (unpaired) electrons. The van der Waals surface area contributed by atoms with E-state index in [0.717, 1.165) is 5.56 Å². The minimum Gasteiger partial charge on any atom is -0.496 e. The Morgan fingerprint density at radius 1 is 0.889 bits per heavy atom. The Morgan fingerprint density at radius 3 is 2.30 bits per heavy atom. The van der Waals surface area contributed by atoms with Gasteiger partial charge in [-0.1, -0.05) is 18.2 Å². The standard InChI is InChI=1S/C20H23NO6/c1-24-16-7-5-4-6-15(16)20(23)27-13-19(22)21-11-10-14-8-9-17(25-2)18(12-14)26-3/h4-9,12H,10-11,13H2,1-3H3,(H,21,22). The highest BCUT2D eigenvalue weighted by Gasteiger charge is 2.14. The first kappa shape index (κ1) is 20.1. The summed E-state index contributed by atoms with van der Waals surface area (Å²) in [5.74, 6) is 0.693. The van der Waals surface area contributed by atoms with Crippen LogP contribution < -0.4 is 19.5 Å². The summed E-state index contributed by atoms with van der Waals surface area (Å²) in [6, 6.07) is 12.2. The van der Waals surface area contributed by atoms with Crippen LogP contribution in [0.4, 0.5) is 0 Å². The number of amides is 1. The number of ether oxygens (including phenoxy) is 4. The second-order valence-corrected chi connectivity index (χ2v) is 5.57. The first-order valence-corrected chi connectivity index (χ1v) is 8.36. The second kappa shape index (κ2) is 10.1. The van der Waals surface area contributed by atoms with E-state index in [1.807, 2.05) is 18.2 Å². The highest BCUT2D eigenvalue weighted by molar-refractivity contribution is 5.93. The second-order valence-electron chi connectivity index (χ2n) is 5.57. The predicted octanol–water partition coefficient (Wildman–Crippen LogP) is 2.23. The molecule has 0 heterocycles. The van der Waals surface area contributed by atoms with Crippen molar-refractivity contribution in [3.63, 3.8) is 0 Å². The number of carbonyl (C=O) groups is 2. The molecule has 0 bridgehead atoms. The Kier molecular flexibility index (Phi) is 7.49. The molecule has 27 heavy (non-hydrogen) atoms. The first-order chi connectivity index (χ1) is 13.1. The lowest BCUT2D eigenvalue weighted by atomic mass is 10.1. The molecule has 1 N–H and O–H groups in total. The molecule has 1 amide bonds. The number of rotatable bonds is 9. The number of carbonyl (C=O) groups excluding carboxylic acids is 2. The smallest absolute Gasteiger partial charge is 0.342 e. The lowest BCUT2D eigenvalue weighted by Gasteiger charge is -2.11. The lowest BCUT2D eigenvalue weighted by Crippen LogP contribution is -2.30. The Morgan fingerprint density at radius 2 is 1.59 bits per heavy atom. The molecule has 0 spiro atoms. The van der Waals surface area contributed by atoms with Crippen LogP contribution in [0.1, 0.15) is 15.9 Å². The van der Waals surface area contributed by atoms with Crippen LogP contribution in [0.25, 0.3) is 0 Å². The molecule has 2 rings (SSSR count). The lowest BCUT2D eigenvalue weighted by molar-refractivity contribution is -0.124. The third kappa shape index (κ3) is 5.64. The molecule has 0 aromatic heterocycles. The monoisotopic (exact) mass is 373 g/mol. The average molecular weight is 373 g/mol. The number of para-hydroxylation sites is 1. The molecule has 0 aliphatic heterocycles. The number of benzene rings is 2. The number of esters is 1. The summed E-state index contributed by atoms with van der Waals surface area (Å²) in [4.78, 5) is 23.9. The van der Waals surface area contributed by atoms with Crippen LogP contribution in [0.5, 0.6) is 17.2 Å². The van der Waals surface area contributed by atoms with Gasteiger partial charge in [0.25, 0.3) is 5.91 Å². The zero-order valence-electron chi connectivity index (χ0n) is 15.6. The van der Waals surface area contributed by atoms with Crippen molar-refractivity contribution in [3.8, 4) is 17.2 Å². The summed E-state index contributed by atoms with van der Waals surface area (Å²) in [6.07, 6.45) is 0.604. The summed E-state index contributed by atoms with van der Waals surface area (Å²) >= 11 is 0. The minimum atomic E-state index is -0.609. The molecule has 0 fully saturated rings. The van der Waals surface area contributed by atoms with E-state index in [1.165, 1.54) is 7.11 Å². The van der Waals surface area contributed by atoms with E-state index in [-0.39, 0.29) is 18.1 Å². The van der Waals surface area contributed by atoms with Crippen LogP contribution in [-0.4, -0.2) is 46.4 Å². The normalized spacial score (nSPS) is 10.0. The zero-order valence-corrected chi connectivity index (χ0v) is 15.6. The quantitative estimate of drug-likeness (QED) is 0.679. The van der Waals surface area contributed by atoms with Crippen molar-refractivity contribution in [2.45, 2.75) is 6.42 Å². The average Bonchev–Trinajstić information content (AvgIpc) is 2.71. The molecule has 2 aromatic carbocycles. The fourth-order valence-electron chi connectivity index (χ4n) is 2.46. The van der Waals surface area contributed by atoms with Gasteiger partial charge in [0, 0.05) is 6.54 Å². The predicted molar refractivity (Wildman–Crippen MR) is 99.5 cm³/mol. The first-order valence-electron chi connectivity index (χ1n) is 8.36. The zero-order chi connectivity index (χ0) is 19.6. The Bertz CT molecular complexity index is 790. The topological polar surface area (TPSA) is 83.1 Å². The Balaban J connectivity index is 1.79. The van der Waals surface area contributed by atoms with Gasteiger partial charge in [0.05, 0.1) is 21.3 Å². The van der Waals surface area contributed by atoms with E-state index in [1.54, 1.807) is 38.5 Å². The number of hydrogen-bond donors (Lipinski definition) is 1. The van der Waals surface area contributed by atoms with Gasteiger partial charge in [-0.2, -0.15) is 0 Å². The number of methoxy groups -OCH3 is 3. The van der Waals surface area contributed by atoms with Crippen LogP contribution in [-0.2, 0) is 16.0 Å². The van der Waals surface area contributed by atoms with Gasteiger partial charge in [-0.25, -0.2) is 4.79 Å². The van der Waals surface area contributed by atoms with Crippen LogP contribution in [0.15, 0.2) is 42.5 Å². The minimum absolute atomic E-state index is 0.276. The van der Waals surface area contributed by atoms with Gasteiger partial charge < -0.3 is 24.3 Å². The summed E-state index contributed by atoms with van der Waals surface area (Å²) in [5.41, 5.74) is 1.26. The Hall–Kier alpha value is -3.22. The largest absolute Gasteiger partial charge is 0.496 e. The van der Waals surface area contributed by atoms with E-state index < -0.39 is 5.97 Å². The van der Waals surface area contributed by atoms with Crippen molar-refractivity contribution in [1.82, 2.24) is 5.32 Å². The van der Waals surface area contributed by atoms with Crippen LogP contribution >= 0.6 is 0 Å².